The summed E-state index contributed by atoms with van der Waals surface area (Å²) in [6, 6.07) is 8.30. The van der Waals surface area contributed by atoms with Gasteiger partial charge in [0, 0.05) is 37.5 Å². The minimum absolute atomic E-state index is 0.0826. The Hall–Kier alpha value is -2.82. The number of benzene rings is 1. The first-order valence-electron chi connectivity index (χ1n) is 9.22. The van der Waals surface area contributed by atoms with E-state index in [9.17, 15) is 9.59 Å². The Balaban J connectivity index is 1.83. The molecule has 1 aromatic heterocycles. The average molecular weight is 366 g/mol. The molecule has 5 heteroatoms. The summed E-state index contributed by atoms with van der Waals surface area (Å²) in [5.74, 6) is -0.218. The van der Waals surface area contributed by atoms with E-state index in [2.05, 4.69) is 29.2 Å². The highest BCUT2D eigenvalue weighted by molar-refractivity contribution is 6.03. The fourth-order valence-electron chi connectivity index (χ4n) is 3.61. The molecule has 3 rings (SSSR count). The van der Waals surface area contributed by atoms with Gasteiger partial charge in [-0.2, -0.15) is 0 Å². The quantitative estimate of drug-likeness (QED) is 0.641. The first-order valence-corrected chi connectivity index (χ1v) is 9.22. The number of anilines is 1. The van der Waals surface area contributed by atoms with E-state index in [0.717, 1.165) is 16.9 Å². The van der Waals surface area contributed by atoms with Crippen LogP contribution in [-0.4, -0.2) is 37.4 Å². The maximum atomic E-state index is 12.8. The average Bonchev–Trinajstić information content (AvgIpc) is 2.99. The van der Waals surface area contributed by atoms with Crippen LogP contribution in [0.2, 0.25) is 0 Å². The Morgan fingerprint density at radius 1 is 1.26 bits per heavy atom. The van der Waals surface area contributed by atoms with Crippen LogP contribution in [0.3, 0.4) is 0 Å². The number of hydrogen-bond donors (Lipinski definition) is 1. The third kappa shape index (κ3) is 3.82. The van der Waals surface area contributed by atoms with Crippen LogP contribution in [0.4, 0.5) is 5.69 Å². The number of esters is 1. The third-order valence-electron chi connectivity index (χ3n) is 5.12. The van der Waals surface area contributed by atoms with Gasteiger partial charge in [0.05, 0.1) is 0 Å². The second-order valence-electron chi connectivity index (χ2n) is 7.16. The van der Waals surface area contributed by atoms with Crippen LogP contribution in [0, 0.1) is 6.92 Å². The molecule has 0 spiro atoms. The first-order chi connectivity index (χ1) is 12.9. The number of ketones is 1. The lowest BCUT2D eigenvalue weighted by atomic mass is 9.81. The number of rotatable bonds is 5. The summed E-state index contributed by atoms with van der Waals surface area (Å²) in [4.78, 5) is 30.3. The standard InChI is InChI=1S/C22H26N2O3/c1-5-6-11-27-22(26)21-14(2)20-18(23-21)12-16(13-19(20)25)15-7-9-17(10-8-15)24(3)4/h5-10,16,23H,11-13H2,1-4H3/b6-5+/t16-/m0/s1. The number of carbonyl (C=O) groups is 2. The summed E-state index contributed by atoms with van der Waals surface area (Å²) in [6.45, 7) is 3.91. The van der Waals surface area contributed by atoms with Crippen molar-refractivity contribution in [3.63, 3.8) is 0 Å². The van der Waals surface area contributed by atoms with Crippen LogP contribution in [0.25, 0.3) is 0 Å². The van der Waals surface area contributed by atoms with Gasteiger partial charge in [-0.1, -0.05) is 24.3 Å². The second kappa shape index (κ2) is 7.82. The summed E-state index contributed by atoms with van der Waals surface area (Å²) < 4.78 is 5.24. The molecule has 1 aromatic carbocycles. The Kier molecular flexibility index (Phi) is 5.49. The van der Waals surface area contributed by atoms with Gasteiger partial charge in [-0.25, -0.2) is 4.79 Å². The molecule has 1 heterocycles. The van der Waals surface area contributed by atoms with E-state index in [1.807, 2.05) is 38.9 Å². The van der Waals surface area contributed by atoms with Gasteiger partial charge >= 0.3 is 5.97 Å². The van der Waals surface area contributed by atoms with Crippen molar-refractivity contribution in [2.75, 3.05) is 25.6 Å². The number of carbonyl (C=O) groups excluding carboxylic acids is 2. The molecule has 0 aliphatic heterocycles. The number of H-pyrrole nitrogens is 1. The van der Waals surface area contributed by atoms with Crippen molar-refractivity contribution in [2.24, 2.45) is 0 Å². The number of aromatic amines is 1. The minimum atomic E-state index is -0.417. The number of allylic oxidation sites excluding steroid dienone is 1. The molecule has 1 N–H and O–H groups in total. The van der Waals surface area contributed by atoms with Gasteiger partial charge < -0.3 is 14.6 Å². The van der Waals surface area contributed by atoms with E-state index in [0.29, 0.717) is 29.7 Å². The smallest absolute Gasteiger partial charge is 0.355 e. The largest absolute Gasteiger partial charge is 0.457 e. The summed E-state index contributed by atoms with van der Waals surface area (Å²) in [7, 11) is 4.01. The summed E-state index contributed by atoms with van der Waals surface area (Å²) >= 11 is 0. The molecule has 5 nitrogen and oxygen atoms in total. The zero-order chi connectivity index (χ0) is 19.6. The molecule has 0 saturated carbocycles. The van der Waals surface area contributed by atoms with Crippen molar-refractivity contribution in [1.29, 1.82) is 0 Å². The van der Waals surface area contributed by atoms with E-state index < -0.39 is 5.97 Å². The fraction of sp³-hybridized carbons (Fsp3) is 0.364. The summed E-state index contributed by atoms with van der Waals surface area (Å²) in [5, 5.41) is 0. The molecule has 1 aliphatic rings. The molecular formula is C22H26N2O3. The van der Waals surface area contributed by atoms with Gasteiger partial charge in [0.1, 0.15) is 12.3 Å². The molecule has 2 aromatic rings. The maximum Gasteiger partial charge on any atom is 0.355 e. The normalized spacial score (nSPS) is 16.4. The molecule has 0 fully saturated rings. The topological polar surface area (TPSA) is 62.4 Å². The molecule has 0 radical (unpaired) electrons. The molecule has 0 unspecified atom stereocenters. The number of Topliss-reactive ketones (excluding diaryl/α,β-unsaturated/α-hetero) is 1. The monoisotopic (exact) mass is 366 g/mol. The number of fused-ring (bicyclic) bond motifs is 1. The Morgan fingerprint density at radius 2 is 1.96 bits per heavy atom. The predicted octanol–water partition coefficient (Wildman–Crippen LogP) is 4.03. The highest BCUT2D eigenvalue weighted by atomic mass is 16.5. The first kappa shape index (κ1) is 19.0. The van der Waals surface area contributed by atoms with Gasteiger partial charge in [0.15, 0.2) is 5.78 Å². The van der Waals surface area contributed by atoms with Crippen LogP contribution in [0.5, 0.6) is 0 Å². The van der Waals surface area contributed by atoms with Crippen LogP contribution in [0.15, 0.2) is 36.4 Å². The molecule has 1 aliphatic carbocycles. The van der Waals surface area contributed by atoms with Crippen LogP contribution < -0.4 is 4.90 Å². The summed E-state index contributed by atoms with van der Waals surface area (Å²) in [6.07, 6.45) is 4.77. The van der Waals surface area contributed by atoms with E-state index >= 15 is 0 Å². The second-order valence-corrected chi connectivity index (χ2v) is 7.16. The molecule has 27 heavy (non-hydrogen) atoms. The lowest BCUT2D eigenvalue weighted by Crippen LogP contribution is -2.18. The lowest BCUT2D eigenvalue weighted by Gasteiger charge is -2.23. The van der Waals surface area contributed by atoms with Crippen molar-refractivity contribution < 1.29 is 14.3 Å². The number of ether oxygens (including phenoxy) is 1. The molecule has 0 saturated heterocycles. The minimum Gasteiger partial charge on any atom is -0.457 e. The highest BCUT2D eigenvalue weighted by Gasteiger charge is 2.32. The third-order valence-corrected chi connectivity index (χ3v) is 5.12. The number of hydrogen-bond acceptors (Lipinski definition) is 4. The number of nitrogens with zero attached hydrogens (tertiary/aromatic N) is 1. The van der Waals surface area contributed by atoms with Crippen LogP contribution in [-0.2, 0) is 11.2 Å². The molecular weight excluding hydrogens is 340 g/mol. The van der Waals surface area contributed by atoms with Crippen LogP contribution in [0.1, 0.15) is 56.9 Å². The lowest BCUT2D eigenvalue weighted by molar-refractivity contribution is 0.0542. The van der Waals surface area contributed by atoms with Crippen molar-refractivity contribution in [2.45, 2.75) is 32.6 Å². The predicted molar refractivity (Wildman–Crippen MR) is 107 cm³/mol. The van der Waals surface area contributed by atoms with Gasteiger partial charge in [-0.05, 0) is 49.4 Å². The van der Waals surface area contributed by atoms with Gasteiger partial charge in [0.25, 0.3) is 0 Å². The number of nitrogens with one attached hydrogen (secondary N) is 1. The van der Waals surface area contributed by atoms with E-state index in [1.165, 1.54) is 0 Å². The van der Waals surface area contributed by atoms with Gasteiger partial charge in [0.2, 0.25) is 0 Å². The van der Waals surface area contributed by atoms with Gasteiger partial charge in [-0.3, -0.25) is 4.79 Å². The van der Waals surface area contributed by atoms with Crippen molar-refractivity contribution in [1.82, 2.24) is 4.98 Å². The Morgan fingerprint density at radius 3 is 2.59 bits per heavy atom. The van der Waals surface area contributed by atoms with Crippen molar-refractivity contribution in [3.8, 4) is 0 Å². The zero-order valence-electron chi connectivity index (χ0n) is 16.3. The highest BCUT2D eigenvalue weighted by Crippen LogP contribution is 2.35. The Bertz CT molecular complexity index is 876. The molecule has 0 bridgehead atoms. The van der Waals surface area contributed by atoms with Crippen molar-refractivity contribution >= 4 is 17.4 Å². The van der Waals surface area contributed by atoms with Gasteiger partial charge in [-0.15, -0.1) is 0 Å². The zero-order valence-corrected chi connectivity index (χ0v) is 16.3. The molecule has 142 valence electrons. The maximum absolute atomic E-state index is 12.8. The number of aromatic nitrogens is 1. The Labute approximate surface area is 160 Å². The SMILES string of the molecule is C/C=C/COC(=O)c1[nH]c2c(c1C)C(=O)C[C@@H](c1ccc(N(C)C)cc1)C2. The van der Waals surface area contributed by atoms with E-state index in [-0.39, 0.29) is 18.3 Å². The van der Waals surface area contributed by atoms with Crippen LogP contribution >= 0.6 is 0 Å². The van der Waals surface area contributed by atoms with Crippen molar-refractivity contribution in [3.05, 3.63) is 64.5 Å². The fourth-order valence-corrected chi connectivity index (χ4v) is 3.61. The van der Waals surface area contributed by atoms with E-state index in [1.54, 1.807) is 6.08 Å². The molecule has 1 atom stereocenters. The van der Waals surface area contributed by atoms with E-state index in [4.69, 9.17) is 4.74 Å². The summed E-state index contributed by atoms with van der Waals surface area (Å²) in [5.41, 5.74) is 4.86. The molecule has 0 amide bonds.